The van der Waals surface area contributed by atoms with Crippen molar-refractivity contribution in [2.45, 2.75) is 64.3 Å². The number of carbonyl (C=O) groups is 2. The fourth-order valence-electron chi connectivity index (χ4n) is 2.98. The fourth-order valence-corrected chi connectivity index (χ4v) is 2.98. The second kappa shape index (κ2) is 6.92. The number of amides is 1. The van der Waals surface area contributed by atoms with Crippen molar-refractivity contribution in [1.29, 1.82) is 0 Å². The van der Waals surface area contributed by atoms with E-state index >= 15 is 0 Å². The molecule has 0 heterocycles. The summed E-state index contributed by atoms with van der Waals surface area (Å²) in [5.74, 6) is 0.793. The minimum atomic E-state index is -0.0678. The van der Waals surface area contributed by atoms with Gasteiger partial charge in [-0.3, -0.25) is 9.59 Å². The Hall–Kier alpha value is -1.06. The summed E-state index contributed by atoms with van der Waals surface area (Å²) in [5, 5.41) is 3.12. The van der Waals surface area contributed by atoms with Gasteiger partial charge in [0.1, 0.15) is 0 Å². The van der Waals surface area contributed by atoms with Crippen LogP contribution in [0.25, 0.3) is 0 Å². The zero-order chi connectivity index (χ0) is 13.7. The molecule has 2 aliphatic carbocycles. The first-order chi connectivity index (χ1) is 9.19. The molecule has 0 spiro atoms. The van der Waals surface area contributed by atoms with Crippen LogP contribution >= 0.6 is 0 Å². The Bertz CT molecular complexity index is 317. The van der Waals surface area contributed by atoms with Gasteiger partial charge in [0, 0.05) is 12.5 Å². The van der Waals surface area contributed by atoms with E-state index in [-0.39, 0.29) is 23.8 Å². The third-order valence-electron chi connectivity index (χ3n) is 4.41. The Morgan fingerprint density at radius 3 is 2.32 bits per heavy atom. The lowest BCUT2D eigenvalue weighted by molar-refractivity contribution is -0.149. The topological polar surface area (TPSA) is 55.4 Å². The summed E-state index contributed by atoms with van der Waals surface area (Å²) in [6.45, 7) is 2.29. The van der Waals surface area contributed by atoms with Gasteiger partial charge in [-0.1, -0.05) is 6.42 Å². The van der Waals surface area contributed by atoms with E-state index in [1.54, 1.807) is 0 Å². The maximum absolute atomic E-state index is 11.8. The molecule has 108 valence electrons. The summed E-state index contributed by atoms with van der Waals surface area (Å²) in [6, 6.07) is 0.262. The standard InChI is InChI=1S/C15H25NO3/c1-2-19-15(18)12-6-8-13(9-7-12)16-14(17)10-11-4-3-5-11/h11-13H,2-10H2,1H3,(H,16,17). The highest BCUT2D eigenvalue weighted by molar-refractivity contribution is 5.76. The molecule has 2 aliphatic rings. The number of ether oxygens (including phenoxy) is 1. The highest BCUT2D eigenvalue weighted by Crippen LogP contribution is 2.30. The molecule has 4 heteroatoms. The number of hydrogen-bond acceptors (Lipinski definition) is 3. The zero-order valence-corrected chi connectivity index (χ0v) is 11.8. The first kappa shape index (κ1) is 14.4. The molecule has 0 aromatic carbocycles. The predicted molar refractivity (Wildman–Crippen MR) is 72.5 cm³/mol. The van der Waals surface area contributed by atoms with Crippen LogP contribution in [-0.4, -0.2) is 24.5 Å². The Kier molecular flexibility index (Phi) is 5.23. The molecule has 0 bridgehead atoms. The van der Waals surface area contributed by atoms with E-state index in [1.165, 1.54) is 19.3 Å². The van der Waals surface area contributed by atoms with E-state index in [4.69, 9.17) is 4.74 Å². The molecule has 0 aliphatic heterocycles. The van der Waals surface area contributed by atoms with Gasteiger partial charge in [-0.05, 0) is 51.4 Å². The van der Waals surface area contributed by atoms with Crippen molar-refractivity contribution in [3.63, 3.8) is 0 Å². The van der Waals surface area contributed by atoms with E-state index in [1.807, 2.05) is 6.92 Å². The summed E-state index contributed by atoms with van der Waals surface area (Å²) in [6.07, 6.45) is 7.88. The Morgan fingerprint density at radius 2 is 1.79 bits per heavy atom. The second-order valence-electron chi connectivity index (χ2n) is 5.87. The summed E-state index contributed by atoms with van der Waals surface area (Å²) in [4.78, 5) is 23.4. The molecular formula is C15H25NO3. The lowest BCUT2D eigenvalue weighted by Gasteiger charge is -2.29. The maximum Gasteiger partial charge on any atom is 0.308 e. The monoisotopic (exact) mass is 267 g/mol. The minimum Gasteiger partial charge on any atom is -0.466 e. The number of esters is 1. The van der Waals surface area contributed by atoms with Crippen LogP contribution in [-0.2, 0) is 14.3 Å². The number of nitrogens with one attached hydrogen (secondary N) is 1. The van der Waals surface area contributed by atoms with Crippen LogP contribution < -0.4 is 5.32 Å². The molecule has 4 nitrogen and oxygen atoms in total. The molecular weight excluding hydrogens is 242 g/mol. The molecule has 0 aromatic rings. The lowest BCUT2D eigenvalue weighted by Crippen LogP contribution is -2.40. The highest BCUT2D eigenvalue weighted by Gasteiger charge is 2.28. The Balaban J connectivity index is 1.65. The van der Waals surface area contributed by atoms with Gasteiger partial charge in [-0.25, -0.2) is 0 Å². The van der Waals surface area contributed by atoms with E-state index < -0.39 is 0 Å². The molecule has 0 unspecified atom stereocenters. The van der Waals surface area contributed by atoms with Gasteiger partial charge < -0.3 is 10.1 Å². The van der Waals surface area contributed by atoms with Gasteiger partial charge in [0.25, 0.3) is 0 Å². The molecule has 2 rings (SSSR count). The Labute approximate surface area is 115 Å². The summed E-state index contributed by atoms with van der Waals surface area (Å²) < 4.78 is 5.05. The average molecular weight is 267 g/mol. The van der Waals surface area contributed by atoms with Gasteiger partial charge in [0.15, 0.2) is 0 Å². The van der Waals surface area contributed by atoms with E-state index in [9.17, 15) is 9.59 Å². The van der Waals surface area contributed by atoms with Crippen molar-refractivity contribution in [2.24, 2.45) is 11.8 Å². The normalized spacial score (nSPS) is 27.4. The van der Waals surface area contributed by atoms with E-state index in [0.717, 1.165) is 25.7 Å². The molecule has 0 atom stereocenters. The largest absolute Gasteiger partial charge is 0.466 e. The van der Waals surface area contributed by atoms with Crippen LogP contribution in [0.5, 0.6) is 0 Å². The van der Waals surface area contributed by atoms with Crippen molar-refractivity contribution in [1.82, 2.24) is 5.32 Å². The van der Waals surface area contributed by atoms with Gasteiger partial charge in [-0.15, -0.1) is 0 Å². The third kappa shape index (κ3) is 4.22. The highest BCUT2D eigenvalue weighted by atomic mass is 16.5. The second-order valence-corrected chi connectivity index (χ2v) is 5.87. The van der Waals surface area contributed by atoms with E-state index in [0.29, 0.717) is 18.9 Å². The van der Waals surface area contributed by atoms with Crippen molar-refractivity contribution >= 4 is 11.9 Å². The molecule has 1 N–H and O–H groups in total. The first-order valence-corrected chi connectivity index (χ1v) is 7.65. The molecule has 2 fully saturated rings. The van der Waals surface area contributed by atoms with Crippen LogP contribution in [0.2, 0.25) is 0 Å². The zero-order valence-electron chi connectivity index (χ0n) is 11.8. The lowest BCUT2D eigenvalue weighted by atomic mass is 9.82. The number of carbonyl (C=O) groups excluding carboxylic acids is 2. The van der Waals surface area contributed by atoms with Crippen LogP contribution in [0.15, 0.2) is 0 Å². The number of rotatable bonds is 5. The summed E-state index contributed by atoms with van der Waals surface area (Å²) in [7, 11) is 0. The molecule has 0 radical (unpaired) electrons. The quantitative estimate of drug-likeness (QED) is 0.778. The Morgan fingerprint density at radius 1 is 1.11 bits per heavy atom. The van der Waals surface area contributed by atoms with Gasteiger partial charge >= 0.3 is 5.97 Å². The smallest absolute Gasteiger partial charge is 0.308 e. The first-order valence-electron chi connectivity index (χ1n) is 7.65. The summed E-state index contributed by atoms with van der Waals surface area (Å²) >= 11 is 0. The minimum absolute atomic E-state index is 0.0414. The SMILES string of the molecule is CCOC(=O)C1CCC(NC(=O)CC2CCC2)CC1. The molecule has 2 saturated carbocycles. The van der Waals surface area contributed by atoms with Crippen LogP contribution in [0.1, 0.15) is 58.3 Å². The van der Waals surface area contributed by atoms with Crippen molar-refractivity contribution in [3.05, 3.63) is 0 Å². The van der Waals surface area contributed by atoms with Crippen LogP contribution in [0.4, 0.5) is 0 Å². The van der Waals surface area contributed by atoms with Gasteiger partial charge in [-0.2, -0.15) is 0 Å². The average Bonchev–Trinajstić information content (AvgIpc) is 2.35. The van der Waals surface area contributed by atoms with Crippen molar-refractivity contribution in [2.75, 3.05) is 6.61 Å². The van der Waals surface area contributed by atoms with E-state index in [2.05, 4.69) is 5.32 Å². The molecule has 0 aromatic heterocycles. The molecule has 1 amide bonds. The van der Waals surface area contributed by atoms with Gasteiger partial charge in [0.2, 0.25) is 5.91 Å². The molecule has 19 heavy (non-hydrogen) atoms. The molecule has 0 saturated heterocycles. The number of hydrogen-bond donors (Lipinski definition) is 1. The van der Waals surface area contributed by atoms with Gasteiger partial charge in [0.05, 0.1) is 12.5 Å². The van der Waals surface area contributed by atoms with Crippen LogP contribution in [0.3, 0.4) is 0 Å². The predicted octanol–water partition coefficient (Wildman–Crippen LogP) is 2.41. The third-order valence-corrected chi connectivity index (χ3v) is 4.41. The van der Waals surface area contributed by atoms with Crippen molar-refractivity contribution in [3.8, 4) is 0 Å². The van der Waals surface area contributed by atoms with Crippen molar-refractivity contribution < 1.29 is 14.3 Å². The maximum atomic E-state index is 11.8. The fraction of sp³-hybridized carbons (Fsp3) is 0.867. The van der Waals surface area contributed by atoms with Crippen LogP contribution in [0, 0.1) is 11.8 Å². The summed E-state index contributed by atoms with van der Waals surface area (Å²) in [5.41, 5.74) is 0.